The van der Waals surface area contributed by atoms with Crippen LogP contribution in [-0.2, 0) is 14.3 Å². The minimum absolute atomic E-state index is 0.0846. The number of likely N-dealkylation sites (N-methyl/N-ethyl adjacent to an activating group) is 2. The summed E-state index contributed by atoms with van der Waals surface area (Å²) in [6.45, 7) is 9.04. The molecular formula is C13H24N2O4. The molecule has 0 aromatic rings. The SMILES string of the molecule is CCNC(C)(C)C(=O)N(CC)C1COCC1C(=O)O. The van der Waals surface area contributed by atoms with E-state index in [9.17, 15) is 14.7 Å². The summed E-state index contributed by atoms with van der Waals surface area (Å²) in [4.78, 5) is 25.4. The normalized spacial score (nSPS) is 23.4. The molecule has 0 bridgehead atoms. The molecule has 1 amide bonds. The van der Waals surface area contributed by atoms with Crippen molar-refractivity contribution in [2.75, 3.05) is 26.3 Å². The van der Waals surface area contributed by atoms with E-state index in [2.05, 4.69) is 5.32 Å². The van der Waals surface area contributed by atoms with Gasteiger partial charge in [-0.05, 0) is 27.3 Å². The van der Waals surface area contributed by atoms with Crippen LogP contribution in [0.4, 0.5) is 0 Å². The first-order valence-electron chi connectivity index (χ1n) is 6.71. The number of rotatable bonds is 6. The summed E-state index contributed by atoms with van der Waals surface area (Å²) in [5, 5.41) is 12.3. The van der Waals surface area contributed by atoms with E-state index in [1.54, 1.807) is 4.90 Å². The van der Waals surface area contributed by atoms with E-state index in [1.807, 2.05) is 27.7 Å². The molecule has 19 heavy (non-hydrogen) atoms. The summed E-state index contributed by atoms with van der Waals surface area (Å²) in [5.74, 6) is -1.63. The highest BCUT2D eigenvalue weighted by molar-refractivity contribution is 5.86. The van der Waals surface area contributed by atoms with Gasteiger partial charge in [0.25, 0.3) is 0 Å². The summed E-state index contributed by atoms with van der Waals surface area (Å²) in [7, 11) is 0. The van der Waals surface area contributed by atoms with E-state index in [-0.39, 0.29) is 18.6 Å². The molecule has 1 saturated heterocycles. The predicted molar refractivity (Wildman–Crippen MR) is 70.9 cm³/mol. The van der Waals surface area contributed by atoms with Gasteiger partial charge in [0.15, 0.2) is 0 Å². The molecule has 0 saturated carbocycles. The molecule has 1 heterocycles. The van der Waals surface area contributed by atoms with Gasteiger partial charge < -0.3 is 20.1 Å². The lowest BCUT2D eigenvalue weighted by atomic mass is 9.97. The highest BCUT2D eigenvalue weighted by atomic mass is 16.5. The number of ether oxygens (including phenoxy) is 1. The highest BCUT2D eigenvalue weighted by Gasteiger charge is 2.42. The van der Waals surface area contributed by atoms with Crippen LogP contribution in [0, 0.1) is 5.92 Å². The van der Waals surface area contributed by atoms with Crippen molar-refractivity contribution in [2.45, 2.75) is 39.3 Å². The second-order valence-corrected chi connectivity index (χ2v) is 5.30. The monoisotopic (exact) mass is 272 g/mol. The van der Waals surface area contributed by atoms with E-state index >= 15 is 0 Å². The quantitative estimate of drug-likeness (QED) is 0.728. The average Bonchev–Trinajstić information content (AvgIpc) is 2.79. The van der Waals surface area contributed by atoms with Crippen molar-refractivity contribution in [3.63, 3.8) is 0 Å². The summed E-state index contributed by atoms with van der Waals surface area (Å²) in [6.07, 6.45) is 0. The van der Waals surface area contributed by atoms with E-state index < -0.39 is 17.4 Å². The average molecular weight is 272 g/mol. The molecule has 1 aliphatic heterocycles. The second kappa shape index (κ2) is 6.34. The van der Waals surface area contributed by atoms with Gasteiger partial charge in [0.05, 0.1) is 24.8 Å². The Morgan fingerprint density at radius 2 is 2.00 bits per heavy atom. The van der Waals surface area contributed by atoms with E-state index in [0.29, 0.717) is 19.7 Å². The van der Waals surface area contributed by atoms with Crippen LogP contribution in [0.25, 0.3) is 0 Å². The Hall–Kier alpha value is -1.14. The molecular weight excluding hydrogens is 248 g/mol. The van der Waals surface area contributed by atoms with Crippen molar-refractivity contribution < 1.29 is 19.4 Å². The Morgan fingerprint density at radius 3 is 2.47 bits per heavy atom. The van der Waals surface area contributed by atoms with Crippen LogP contribution in [0.1, 0.15) is 27.7 Å². The number of aliphatic carboxylic acids is 1. The van der Waals surface area contributed by atoms with Gasteiger partial charge in [-0.3, -0.25) is 9.59 Å². The van der Waals surface area contributed by atoms with Crippen LogP contribution in [0.2, 0.25) is 0 Å². The van der Waals surface area contributed by atoms with Crippen molar-refractivity contribution in [1.29, 1.82) is 0 Å². The largest absolute Gasteiger partial charge is 0.481 e. The number of amides is 1. The number of hydrogen-bond donors (Lipinski definition) is 2. The first-order chi connectivity index (χ1) is 8.85. The van der Waals surface area contributed by atoms with E-state index in [0.717, 1.165) is 0 Å². The minimum atomic E-state index is -0.907. The third-order valence-corrected chi connectivity index (χ3v) is 3.52. The van der Waals surface area contributed by atoms with E-state index in [4.69, 9.17) is 4.74 Å². The summed E-state index contributed by atoms with van der Waals surface area (Å²) in [6, 6.07) is -0.382. The molecule has 6 heteroatoms. The maximum atomic E-state index is 12.6. The zero-order valence-corrected chi connectivity index (χ0v) is 12.1. The molecule has 0 radical (unpaired) electrons. The number of carbonyl (C=O) groups excluding carboxylic acids is 1. The van der Waals surface area contributed by atoms with Gasteiger partial charge in [-0.2, -0.15) is 0 Å². The van der Waals surface area contributed by atoms with Gasteiger partial charge in [0.1, 0.15) is 5.92 Å². The Morgan fingerprint density at radius 1 is 1.37 bits per heavy atom. The van der Waals surface area contributed by atoms with Crippen molar-refractivity contribution >= 4 is 11.9 Å². The summed E-state index contributed by atoms with van der Waals surface area (Å²) in [5.41, 5.74) is -0.698. The molecule has 1 rings (SSSR count). The number of carboxylic acid groups (broad SMARTS) is 1. The number of carbonyl (C=O) groups is 2. The molecule has 0 aromatic carbocycles. The molecule has 2 unspecified atom stereocenters. The second-order valence-electron chi connectivity index (χ2n) is 5.30. The Labute approximate surface area is 114 Å². The zero-order chi connectivity index (χ0) is 14.6. The first-order valence-corrected chi connectivity index (χ1v) is 6.71. The van der Waals surface area contributed by atoms with Gasteiger partial charge in [-0.15, -0.1) is 0 Å². The van der Waals surface area contributed by atoms with Crippen molar-refractivity contribution in [3.05, 3.63) is 0 Å². The van der Waals surface area contributed by atoms with Crippen LogP contribution >= 0.6 is 0 Å². The molecule has 0 spiro atoms. The van der Waals surface area contributed by atoms with E-state index in [1.165, 1.54) is 0 Å². The lowest BCUT2D eigenvalue weighted by Crippen LogP contribution is -2.58. The Bertz CT molecular complexity index is 344. The number of carboxylic acids is 1. The third-order valence-electron chi connectivity index (χ3n) is 3.52. The maximum absolute atomic E-state index is 12.6. The van der Waals surface area contributed by atoms with Gasteiger partial charge in [-0.1, -0.05) is 6.92 Å². The molecule has 2 atom stereocenters. The van der Waals surface area contributed by atoms with Crippen LogP contribution in [0.3, 0.4) is 0 Å². The first kappa shape index (κ1) is 15.9. The minimum Gasteiger partial charge on any atom is -0.481 e. The molecule has 6 nitrogen and oxygen atoms in total. The van der Waals surface area contributed by atoms with Gasteiger partial charge in [-0.25, -0.2) is 0 Å². The predicted octanol–water partition coefficient (Wildman–Crippen LogP) is 0.323. The number of nitrogens with one attached hydrogen (secondary N) is 1. The Kier molecular flexibility index (Phi) is 5.31. The van der Waals surface area contributed by atoms with Crippen molar-refractivity contribution in [3.8, 4) is 0 Å². The van der Waals surface area contributed by atoms with Crippen molar-refractivity contribution in [1.82, 2.24) is 10.2 Å². The number of hydrogen-bond acceptors (Lipinski definition) is 4. The smallest absolute Gasteiger partial charge is 0.311 e. The fraction of sp³-hybridized carbons (Fsp3) is 0.846. The highest BCUT2D eigenvalue weighted by Crippen LogP contribution is 2.22. The molecule has 0 aromatic heterocycles. The molecule has 110 valence electrons. The molecule has 1 fully saturated rings. The van der Waals surface area contributed by atoms with Crippen molar-refractivity contribution in [2.24, 2.45) is 5.92 Å². The topological polar surface area (TPSA) is 78.9 Å². The third kappa shape index (κ3) is 3.45. The Balaban J connectivity index is 2.88. The summed E-state index contributed by atoms with van der Waals surface area (Å²) < 4.78 is 5.24. The molecule has 0 aliphatic carbocycles. The van der Waals surface area contributed by atoms with Gasteiger partial charge >= 0.3 is 5.97 Å². The lowest BCUT2D eigenvalue weighted by molar-refractivity contribution is -0.146. The zero-order valence-electron chi connectivity index (χ0n) is 12.1. The lowest BCUT2D eigenvalue weighted by Gasteiger charge is -2.36. The van der Waals surface area contributed by atoms with Gasteiger partial charge in [0.2, 0.25) is 5.91 Å². The van der Waals surface area contributed by atoms with Crippen LogP contribution in [-0.4, -0.2) is 59.8 Å². The van der Waals surface area contributed by atoms with Gasteiger partial charge in [0, 0.05) is 6.54 Å². The fourth-order valence-electron chi connectivity index (χ4n) is 2.49. The van der Waals surface area contributed by atoms with Crippen LogP contribution in [0.5, 0.6) is 0 Å². The number of nitrogens with zero attached hydrogens (tertiary/aromatic N) is 1. The molecule has 1 aliphatic rings. The van der Waals surface area contributed by atoms with Crippen LogP contribution < -0.4 is 5.32 Å². The standard InChI is InChI=1S/C13H24N2O4/c1-5-14-13(3,4)12(18)15(6-2)10-8-19-7-9(10)11(16)17/h9-10,14H,5-8H2,1-4H3,(H,16,17). The van der Waals surface area contributed by atoms with Crippen LogP contribution in [0.15, 0.2) is 0 Å². The fourth-order valence-corrected chi connectivity index (χ4v) is 2.49. The maximum Gasteiger partial charge on any atom is 0.311 e. The molecule has 2 N–H and O–H groups in total. The summed E-state index contributed by atoms with van der Waals surface area (Å²) >= 11 is 0.